The third kappa shape index (κ3) is 2.65. The molecule has 2 N–H and O–H groups in total. The summed E-state index contributed by atoms with van der Waals surface area (Å²) < 4.78 is 0. The molecule has 0 radical (unpaired) electrons. The standard InChI is InChI=1S/C15H23N/c1-11-9-13(6-3-5-12(2)16)10-14-7-4-8-15(11)14/h9-10,12H,3-8,16H2,1-2H3/t12-/m0/s1. The van der Waals surface area contributed by atoms with Crippen molar-refractivity contribution < 1.29 is 0 Å². The Kier molecular flexibility index (Phi) is 3.65. The Morgan fingerprint density at radius 3 is 2.88 bits per heavy atom. The van der Waals surface area contributed by atoms with Gasteiger partial charge in [0.05, 0.1) is 0 Å². The topological polar surface area (TPSA) is 26.0 Å². The fourth-order valence-corrected chi connectivity index (χ4v) is 2.78. The van der Waals surface area contributed by atoms with Gasteiger partial charge < -0.3 is 5.73 Å². The maximum Gasteiger partial charge on any atom is 0.00105 e. The number of hydrogen-bond donors (Lipinski definition) is 1. The average molecular weight is 217 g/mol. The first-order chi connectivity index (χ1) is 7.66. The largest absolute Gasteiger partial charge is 0.328 e. The molecule has 1 nitrogen and oxygen atoms in total. The minimum Gasteiger partial charge on any atom is -0.328 e. The zero-order chi connectivity index (χ0) is 11.5. The SMILES string of the molecule is Cc1cc(CCC[C@H](C)N)cc2c1CCC2. The van der Waals surface area contributed by atoms with Crippen LogP contribution in [0.2, 0.25) is 0 Å². The lowest BCUT2D eigenvalue weighted by atomic mass is 9.97. The first-order valence-corrected chi connectivity index (χ1v) is 6.53. The Bertz CT molecular complexity index is 366. The summed E-state index contributed by atoms with van der Waals surface area (Å²) in [4.78, 5) is 0. The van der Waals surface area contributed by atoms with Gasteiger partial charge in [-0.15, -0.1) is 0 Å². The number of nitrogens with two attached hydrogens (primary N) is 1. The summed E-state index contributed by atoms with van der Waals surface area (Å²) >= 11 is 0. The van der Waals surface area contributed by atoms with Gasteiger partial charge in [0, 0.05) is 6.04 Å². The number of aryl methyl sites for hydroxylation is 3. The van der Waals surface area contributed by atoms with Gasteiger partial charge in [0.25, 0.3) is 0 Å². The molecule has 0 saturated heterocycles. The third-order valence-electron chi connectivity index (χ3n) is 3.62. The highest BCUT2D eigenvalue weighted by molar-refractivity contribution is 5.41. The van der Waals surface area contributed by atoms with Gasteiger partial charge in [-0.2, -0.15) is 0 Å². The first-order valence-electron chi connectivity index (χ1n) is 6.53. The highest BCUT2D eigenvalue weighted by Gasteiger charge is 2.13. The maximum atomic E-state index is 5.78. The molecule has 0 aromatic heterocycles. The van der Waals surface area contributed by atoms with Crippen LogP contribution in [-0.4, -0.2) is 6.04 Å². The quantitative estimate of drug-likeness (QED) is 0.823. The molecule has 88 valence electrons. The Morgan fingerprint density at radius 1 is 1.31 bits per heavy atom. The van der Waals surface area contributed by atoms with Crippen LogP contribution in [-0.2, 0) is 19.3 Å². The van der Waals surface area contributed by atoms with Gasteiger partial charge in [0.15, 0.2) is 0 Å². The molecule has 16 heavy (non-hydrogen) atoms. The van der Waals surface area contributed by atoms with Gasteiger partial charge in [-0.05, 0) is 74.6 Å². The van der Waals surface area contributed by atoms with Crippen LogP contribution in [0, 0.1) is 6.92 Å². The molecule has 1 heteroatoms. The molecule has 0 spiro atoms. The average Bonchev–Trinajstić information content (AvgIpc) is 2.65. The van der Waals surface area contributed by atoms with E-state index in [1.807, 2.05) is 0 Å². The van der Waals surface area contributed by atoms with Crippen LogP contribution in [0.1, 0.15) is 48.4 Å². The number of fused-ring (bicyclic) bond motifs is 1. The molecule has 0 heterocycles. The van der Waals surface area contributed by atoms with Crippen LogP contribution >= 0.6 is 0 Å². The summed E-state index contributed by atoms with van der Waals surface area (Å²) in [6, 6.07) is 5.15. The van der Waals surface area contributed by atoms with Crippen molar-refractivity contribution in [3.05, 3.63) is 34.4 Å². The summed E-state index contributed by atoms with van der Waals surface area (Å²) in [6.07, 6.45) is 7.47. The fraction of sp³-hybridized carbons (Fsp3) is 0.600. The van der Waals surface area contributed by atoms with Crippen LogP contribution < -0.4 is 5.73 Å². The molecular formula is C15H23N. The van der Waals surface area contributed by atoms with Gasteiger partial charge in [0.2, 0.25) is 0 Å². The fourth-order valence-electron chi connectivity index (χ4n) is 2.78. The van der Waals surface area contributed by atoms with Crippen molar-refractivity contribution in [1.82, 2.24) is 0 Å². The Balaban J connectivity index is 2.03. The summed E-state index contributed by atoms with van der Waals surface area (Å²) in [5, 5.41) is 0. The molecule has 0 aliphatic heterocycles. The second kappa shape index (κ2) is 5.01. The summed E-state index contributed by atoms with van der Waals surface area (Å²) in [5.41, 5.74) is 12.0. The second-order valence-corrected chi connectivity index (χ2v) is 5.27. The molecule has 0 unspecified atom stereocenters. The highest BCUT2D eigenvalue weighted by atomic mass is 14.6. The summed E-state index contributed by atoms with van der Waals surface area (Å²) in [7, 11) is 0. The predicted molar refractivity (Wildman–Crippen MR) is 69.8 cm³/mol. The van der Waals surface area contributed by atoms with Crippen molar-refractivity contribution in [3.63, 3.8) is 0 Å². The van der Waals surface area contributed by atoms with E-state index >= 15 is 0 Å². The Labute approximate surface area is 99.0 Å². The summed E-state index contributed by atoms with van der Waals surface area (Å²) in [6.45, 7) is 4.35. The van der Waals surface area contributed by atoms with Crippen LogP contribution in [0.25, 0.3) is 0 Å². The van der Waals surface area contributed by atoms with Crippen LogP contribution in [0.3, 0.4) is 0 Å². The molecule has 0 saturated carbocycles. The van der Waals surface area contributed by atoms with E-state index < -0.39 is 0 Å². The van der Waals surface area contributed by atoms with Crippen molar-refractivity contribution in [1.29, 1.82) is 0 Å². The molecule has 0 fully saturated rings. The molecule has 1 aliphatic rings. The minimum absolute atomic E-state index is 0.343. The molecule has 1 aliphatic carbocycles. The monoisotopic (exact) mass is 217 g/mol. The Hall–Kier alpha value is -0.820. The normalized spacial score (nSPS) is 16.2. The van der Waals surface area contributed by atoms with Gasteiger partial charge in [-0.25, -0.2) is 0 Å². The van der Waals surface area contributed by atoms with E-state index in [4.69, 9.17) is 5.73 Å². The van der Waals surface area contributed by atoms with E-state index in [-0.39, 0.29) is 0 Å². The van der Waals surface area contributed by atoms with E-state index in [0.29, 0.717) is 6.04 Å². The van der Waals surface area contributed by atoms with Crippen molar-refractivity contribution in [3.8, 4) is 0 Å². The lowest BCUT2D eigenvalue weighted by Gasteiger charge is -2.09. The van der Waals surface area contributed by atoms with Gasteiger partial charge in [0.1, 0.15) is 0 Å². The van der Waals surface area contributed by atoms with Crippen molar-refractivity contribution in [2.45, 2.75) is 58.4 Å². The van der Waals surface area contributed by atoms with Crippen molar-refractivity contribution in [2.24, 2.45) is 5.73 Å². The smallest absolute Gasteiger partial charge is 0.00105 e. The minimum atomic E-state index is 0.343. The van der Waals surface area contributed by atoms with Crippen LogP contribution in [0.15, 0.2) is 12.1 Å². The predicted octanol–water partition coefficient (Wildman–Crippen LogP) is 3.15. The summed E-state index contributed by atoms with van der Waals surface area (Å²) in [5.74, 6) is 0. The lowest BCUT2D eigenvalue weighted by molar-refractivity contribution is 0.624. The number of hydrogen-bond acceptors (Lipinski definition) is 1. The van der Waals surface area contributed by atoms with Gasteiger partial charge in [-0.3, -0.25) is 0 Å². The molecule has 0 bridgehead atoms. The molecule has 0 amide bonds. The van der Waals surface area contributed by atoms with E-state index in [1.54, 1.807) is 11.1 Å². The molecule has 1 atom stereocenters. The first kappa shape index (κ1) is 11.7. The van der Waals surface area contributed by atoms with Gasteiger partial charge in [-0.1, -0.05) is 12.1 Å². The number of benzene rings is 1. The van der Waals surface area contributed by atoms with Gasteiger partial charge >= 0.3 is 0 Å². The zero-order valence-corrected chi connectivity index (χ0v) is 10.6. The maximum absolute atomic E-state index is 5.78. The zero-order valence-electron chi connectivity index (χ0n) is 10.6. The lowest BCUT2D eigenvalue weighted by Crippen LogP contribution is -2.14. The third-order valence-corrected chi connectivity index (χ3v) is 3.62. The van der Waals surface area contributed by atoms with Crippen molar-refractivity contribution in [2.75, 3.05) is 0 Å². The second-order valence-electron chi connectivity index (χ2n) is 5.27. The Morgan fingerprint density at radius 2 is 2.12 bits per heavy atom. The number of rotatable bonds is 4. The van der Waals surface area contributed by atoms with E-state index in [1.165, 1.54) is 43.2 Å². The van der Waals surface area contributed by atoms with E-state index in [9.17, 15) is 0 Å². The molecular weight excluding hydrogens is 194 g/mol. The van der Waals surface area contributed by atoms with E-state index in [2.05, 4.69) is 26.0 Å². The van der Waals surface area contributed by atoms with Crippen LogP contribution in [0.5, 0.6) is 0 Å². The molecule has 1 aromatic rings. The molecule has 1 aromatic carbocycles. The van der Waals surface area contributed by atoms with Crippen LogP contribution in [0.4, 0.5) is 0 Å². The van der Waals surface area contributed by atoms with E-state index in [0.717, 1.165) is 6.42 Å². The van der Waals surface area contributed by atoms with Crippen molar-refractivity contribution >= 4 is 0 Å². The molecule has 2 rings (SSSR count). The highest BCUT2D eigenvalue weighted by Crippen LogP contribution is 2.27.